The summed E-state index contributed by atoms with van der Waals surface area (Å²) >= 11 is 0. The quantitative estimate of drug-likeness (QED) is 0.726. The smallest absolute Gasteiger partial charge is 0.0192 e. The van der Waals surface area contributed by atoms with E-state index in [1.807, 2.05) is 0 Å². The molecule has 2 heteroatoms. The summed E-state index contributed by atoms with van der Waals surface area (Å²) in [6.07, 6.45) is 8.52. The van der Waals surface area contributed by atoms with Crippen molar-refractivity contribution >= 4 is 0 Å². The van der Waals surface area contributed by atoms with Crippen molar-refractivity contribution in [1.82, 2.24) is 10.6 Å². The molecular weight excluding hydrogens is 184 g/mol. The van der Waals surface area contributed by atoms with Gasteiger partial charge in [0.15, 0.2) is 0 Å². The molecule has 2 N–H and O–H groups in total. The van der Waals surface area contributed by atoms with Gasteiger partial charge in [-0.3, -0.25) is 0 Å². The average Bonchev–Trinajstić information content (AvgIpc) is 3.06. The molecule has 0 aromatic rings. The molecule has 1 heterocycles. The topological polar surface area (TPSA) is 24.1 Å². The molecule has 0 aromatic carbocycles. The summed E-state index contributed by atoms with van der Waals surface area (Å²) in [7, 11) is 0. The minimum atomic E-state index is 0.735. The summed E-state index contributed by atoms with van der Waals surface area (Å²) in [6, 6.07) is 0.735. The van der Waals surface area contributed by atoms with Crippen molar-refractivity contribution in [3.8, 4) is 0 Å². The fourth-order valence-corrected chi connectivity index (χ4v) is 2.59. The third-order valence-corrected chi connectivity index (χ3v) is 3.95. The molecule has 0 aromatic heterocycles. The first kappa shape index (κ1) is 11.4. The molecule has 0 amide bonds. The van der Waals surface area contributed by atoms with E-state index in [9.17, 15) is 0 Å². The van der Waals surface area contributed by atoms with Crippen LogP contribution < -0.4 is 10.6 Å². The second-order valence-corrected chi connectivity index (χ2v) is 5.47. The maximum absolute atomic E-state index is 3.64. The molecule has 2 aliphatic rings. The van der Waals surface area contributed by atoms with E-state index in [2.05, 4.69) is 17.6 Å². The summed E-state index contributed by atoms with van der Waals surface area (Å²) in [5.74, 6) is 1.94. The molecule has 1 saturated heterocycles. The van der Waals surface area contributed by atoms with E-state index in [4.69, 9.17) is 0 Å². The van der Waals surface area contributed by atoms with E-state index in [-0.39, 0.29) is 0 Å². The monoisotopic (exact) mass is 210 g/mol. The van der Waals surface area contributed by atoms with Crippen molar-refractivity contribution in [2.45, 2.75) is 51.5 Å². The minimum absolute atomic E-state index is 0.735. The second-order valence-electron chi connectivity index (χ2n) is 5.47. The lowest BCUT2D eigenvalue weighted by Crippen LogP contribution is -2.39. The van der Waals surface area contributed by atoms with Gasteiger partial charge in [0.05, 0.1) is 0 Å². The molecule has 2 nitrogen and oxygen atoms in total. The van der Waals surface area contributed by atoms with Gasteiger partial charge in [-0.15, -0.1) is 0 Å². The Hall–Kier alpha value is -0.0800. The zero-order valence-corrected chi connectivity index (χ0v) is 10.1. The van der Waals surface area contributed by atoms with Crippen LogP contribution in [0.15, 0.2) is 0 Å². The minimum Gasteiger partial charge on any atom is -0.315 e. The highest BCUT2D eigenvalue weighted by atomic mass is 15.0. The summed E-state index contributed by atoms with van der Waals surface area (Å²) in [5.41, 5.74) is 0. The summed E-state index contributed by atoms with van der Waals surface area (Å²) < 4.78 is 0. The molecule has 0 bridgehead atoms. The van der Waals surface area contributed by atoms with Crippen LogP contribution in [0.4, 0.5) is 0 Å². The van der Waals surface area contributed by atoms with Crippen LogP contribution in [0.2, 0.25) is 0 Å². The standard InChI is InChI=1S/C13H26N2/c1-11(12-6-7-12)9-14-10-13-5-3-2-4-8-15-13/h11-15H,2-10H2,1H3. The van der Waals surface area contributed by atoms with Crippen LogP contribution in [0.5, 0.6) is 0 Å². The van der Waals surface area contributed by atoms with E-state index >= 15 is 0 Å². The molecule has 2 atom stereocenters. The van der Waals surface area contributed by atoms with E-state index in [0.717, 1.165) is 17.9 Å². The third kappa shape index (κ3) is 4.12. The van der Waals surface area contributed by atoms with E-state index in [0.29, 0.717) is 0 Å². The van der Waals surface area contributed by atoms with Gasteiger partial charge in [-0.1, -0.05) is 19.8 Å². The SMILES string of the molecule is CC(CNCC1CCCCCN1)C1CC1. The summed E-state index contributed by atoms with van der Waals surface area (Å²) in [5, 5.41) is 7.28. The fraction of sp³-hybridized carbons (Fsp3) is 1.00. The molecule has 1 aliphatic heterocycles. The van der Waals surface area contributed by atoms with Gasteiger partial charge in [-0.25, -0.2) is 0 Å². The van der Waals surface area contributed by atoms with Crippen molar-refractivity contribution in [2.24, 2.45) is 11.8 Å². The molecule has 0 spiro atoms. The Morgan fingerprint density at radius 3 is 2.87 bits per heavy atom. The lowest BCUT2D eigenvalue weighted by atomic mass is 10.1. The molecule has 2 rings (SSSR count). The van der Waals surface area contributed by atoms with E-state index < -0.39 is 0 Å². The molecule has 88 valence electrons. The largest absolute Gasteiger partial charge is 0.315 e. The molecule has 0 radical (unpaired) electrons. The average molecular weight is 210 g/mol. The predicted octanol–water partition coefficient (Wildman–Crippen LogP) is 2.15. The summed E-state index contributed by atoms with van der Waals surface area (Å²) in [4.78, 5) is 0. The van der Waals surface area contributed by atoms with Crippen molar-refractivity contribution < 1.29 is 0 Å². The Morgan fingerprint density at radius 1 is 1.20 bits per heavy atom. The Bertz CT molecular complexity index is 169. The first-order chi connectivity index (χ1) is 7.36. The van der Waals surface area contributed by atoms with Gasteiger partial charge in [-0.05, 0) is 50.6 Å². The second kappa shape index (κ2) is 5.86. The molecular formula is C13H26N2. The number of nitrogens with one attached hydrogen (secondary N) is 2. The van der Waals surface area contributed by atoms with Crippen LogP contribution in [0.3, 0.4) is 0 Å². The van der Waals surface area contributed by atoms with Crippen LogP contribution in [-0.2, 0) is 0 Å². The Labute approximate surface area is 94.2 Å². The maximum Gasteiger partial charge on any atom is 0.0192 e. The normalized spacial score (nSPS) is 29.8. The van der Waals surface area contributed by atoms with Crippen LogP contribution in [0, 0.1) is 11.8 Å². The first-order valence-electron chi connectivity index (χ1n) is 6.80. The van der Waals surface area contributed by atoms with Crippen LogP contribution in [0.25, 0.3) is 0 Å². The summed E-state index contributed by atoms with van der Waals surface area (Å²) in [6.45, 7) is 6.02. The Kier molecular flexibility index (Phi) is 4.45. The van der Waals surface area contributed by atoms with Gasteiger partial charge >= 0.3 is 0 Å². The highest BCUT2D eigenvalue weighted by Gasteiger charge is 2.27. The Balaban J connectivity index is 1.55. The highest BCUT2D eigenvalue weighted by Crippen LogP contribution is 2.35. The van der Waals surface area contributed by atoms with Gasteiger partial charge in [0, 0.05) is 12.6 Å². The van der Waals surface area contributed by atoms with Crippen molar-refractivity contribution in [2.75, 3.05) is 19.6 Å². The molecule has 15 heavy (non-hydrogen) atoms. The fourth-order valence-electron chi connectivity index (χ4n) is 2.59. The number of hydrogen-bond donors (Lipinski definition) is 2. The van der Waals surface area contributed by atoms with Crippen molar-refractivity contribution in [3.05, 3.63) is 0 Å². The molecule has 1 aliphatic carbocycles. The van der Waals surface area contributed by atoms with Crippen molar-refractivity contribution in [1.29, 1.82) is 0 Å². The van der Waals surface area contributed by atoms with Gasteiger partial charge in [0.1, 0.15) is 0 Å². The van der Waals surface area contributed by atoms with Crippen molar-refractivity contribution in [3.63, 3.8) is 0 Å². The van der Waals surface area contributed by atoms with Gasteiger partial charge in [0.2, 0.25) is 0 Å². The zero-order valence-electron chi connectivity index (χ0n) is 10.1. The van der Waals surface area contributed by atoms with E-state index in [1.165, 1.54) is 58.2 Å². The van der Waals surface area contributed by atoms with Crippen LogP contribution in [0.1, 0.15) is 45.4 Å². The van der Waals surface area contributed by atoms with Crippen LogP contribution in [-0.4, -0.2) is 25.7 Å². The Morgan fingerprint density at radius 2 is 2.07 bits per heavy atom. The third-order valence-electron chi connectivity index (χ3n) is 3.95. The maximum atomic E-state index is 3.64. The van der Waals surface area contributed by atoms with Gasteiger partial charge in [-0.2, -0.15) is 0 Å². The lowest BCUT2D eigenvalue weighted by Gasteiger charge is -2.18. The van der Waals surface area contributed by atoms with Gasteiger partial charge < -0.3 is 10.6 Å². The molecule has 2 unspecified atom stereocenters. The number of hydrogen-bond acceptors (Lipinski definition) is 2. The number of rotatable bonds is 5. The van der Waals surface area contributed by atoms with E-state index in [1.54, 1.807) is 0 Å². The molecule has 2 fully saturated rings. The lowest BCUT2D eigenvalue weighted by molar-refractivity contribution is 0.417. The van der Waals surface area contributed by atoms with Gasteiger partial charge in [0.25, 0.3) is 0 Å². The van der Waals surface area contributed by atoms with Crippen LogP contribution >= 0.6 is 0 Å². The first-order valence-corrected chi connectivity index (χ1v) is 6.80. The predicted molar refractivity (Wildman–Crippen MR) is 65.0 cm³/mol. The highest BCUT2D eigenvalue weighted by molar-refractivity contribution is 4.81. The molecule has 1 saturated carbocycles. The zero-order chi connectivity index (χ0) is 10.5.